The van der Waals surface area contributed by atoms with Crippen LogP contribution in [0, 0.1) is 0 Å². The van der Waals surface area contributed by atoms with Crippen molar-refractivity contribution in [2.75, 3.05) is 23.9 Å². The number of halogens is 1. The Morgan fingerprint density at radius 3 is 2.41 bits per heavy atom. The molecule has 2 aliphatic rings. The SMILES string of the molecule is CCCOC(=O)c1cccc(N2C(=O)C(Cl)=C(Nc3ccc(C(=O)N(C)C4CCCCC4)cc3)C2=O)c1. The average Bonchev–Trinajstić information content (AvgIpc) is 3.14. The fraction of sp³-hybridized carbons (Fsp3) is 0.357. The molecule has 194 valence electrons. The van der Waals surface area contributed by atoms with Crippen molar-refractivity contribution in [1.29, 1.82) is 0 Å². The number of esters is 1. The Balaban J connectivity index is 1.46. The zero-order valence-electron chi connectivity index (χ0n) is 21.0. The van der Waals surface area contributed by atoms with Crippen molar-refractivity contribution in [2.45, 2.75) is 51.5 Å². The Bertz CT molecular complexity index is 1230. The normalized spacial score (nSPS) is 16.2. The van der Waals surface area contributed by atoms with Crippen LogP contribution in [0.4, 0.5) is 11.4 Å². The zero-order valence-corrected chi connectivity index (χ0v) is 21.7. The largest absolute Gasteiger partial charge is 0.462 e. The summed E-state index contributed by atoms with van der Waals surface area (Å²) in [6.07, 6.45) is 6.20. The summed E-state index contributed by atoms with van der Waals surface area (Å²) in [6.45, 7) is 2.15. The maximum Gasteiger partial charge on any atom is 0.338 e. The summed E-state index contributed by atoms with van der Waals surface area (Å²) < 4.78 is 5.14. The maximum atomic E-state index is 13.1. The van der Waals surface area contributed by atoms with Gasteiger partial charge >= 0.3 is 5.97 Å². The van der Waals surface area contributed by atoms with Gasteiger partial charge in [-0.25, -0.2) is 9.69 Å². The molecule has 0 saturated heterocycles. The second-order valence-corrected chi connectivity index (χ2v) is 9.61. The summed E-state index contributed by atoms with van der Waals surface area (Å²) in [5.41, 5.74) is 1.40. The number of benzene rings is 2. The van der Waals surface area contributed by atoms with E-state index in [1.807, 2.05) is 18.9 Å². The fourth-order valence-corrected chi connectivity index (χ4v) is 4.79. The molecule has 1 fully saturated rings. The first kappa shape index (κ1) is 26.4. The number of nitrogens with one attached hydrogen (secondary N) is 1. The molecule has 1 saturated carbocycles. The van der Waals surface area contributed by atoms with Gasteiger partial charge in [-0.3, -0.25) is 14.4 Å². The zero-order chi connectivity index (χ0) is 26.5. The molecular formula is C28H30ClN3O5. The van der Waals surface area contributed by atoms with Crippen LogP contribution in [0.3, 0.4) is 0 Å². The van der Waals surface area contributed by atoms with Gasteiger partial charge in [-0.1, -0.05) is 43.9 Å². The number of hydrogen-bond donors (Lipinski definition) is 1. The number of hydrogen-bond acceptors (Lipinski definition) is 6. The van der Waals surface area contributed by atoms with Crippen LogP contribution in [-0.2, 0) is 14.3 Å². The van der Waals surface area contributed by atoms with Gasteiger partial charge in [-0.15, -0.1) is 0 Å². The molecule has 8 nitrogen and oxygen atoms in total. The second kappa shape index (κ2) is 11.6. The molecule has 1 N–H and O–H groups in total. The van der Waals surface area contributed by atoms with E-state index in [1.165, 1.54) is 12.5 Å². The molecule has 2 aromatic rings. The number of carbonyl (C=O) groups is 4. The predicted molar refractivity (Wildman–Crippen MR) is 141 cm³/mol. The lowest BCUT2D eigenvalue weighted by atomic mass is 9.94. The lowest BCUT2D eigenvalue weighted by molar-refractivity contribution is -0.120. The summed E-state index contributed by atoms with van der Waals surface area (Å²) in [4.78, 5) is 53.9. The minimum absolute atomic E-state index is 0.0497. The highest BCUT2D eigenvalue weighted by Gasteiger charge is 2.39. The summed E-state index contributed by atoms with van der Waals surface area (Å²) in [5, 5.41) is 2.65. The van der Waals surface area contributed by atoms with Gasteiger partial charge in [-0.2, -0.15) is 0 Å². The molecule has 0 aromatic heterocycles. The molecule has 3 amide bonds. The van der Waals surface area contributed by atoms with E-state index >= 15 is 0 Å². The van der Waals surface area contributed by atoms with Crippen molar-refractivity contribution >= 4 is 46.7 Å². The number of rotatable bonds is 8. The van der Waals surface area contributed by atoms with Gasteiger partial charge in [-0.05, 0) is 61.7 Å². The molecule has 2 aromatic carbocycles. The molecule has 0 unspecified atom stereocenters. The minimum atomic E-state index is -0.700. The molecule has 1 aliphatic carbocycles. The summed E-state index contributed by atoms with van der Waals surface area (Å²) >= 11 is 6.25. The van der Waals surface area contributed by atoms with Gasteiger partial charge < -0.3 is 15.0 Å². The minimum Gasteiger partial charge on any atom is -0.462 e. The van der Waals surface area contributed by atoms with Crippen molar-refractivity contribution in [1.82, 2.24) is 4.90 Å². The van der Waals surface area contributed by atoms with Gasteiger partial charge in [0.2, 0.25) is 0 Å². The van der Waals surface area contributed by atoms with E-state index in [0.717, 1.165) is 30.6 Å². The van der Waals surface area contributed by atoms with Crippen LogP contribution in [0.2, 0.25) is 0 Å². The summed E-state index contributed by atoms with van der Waals surface area (Å²) in [7, 11) is 1.84. The highest BCUT2D eigenvalue weighted by Crippen LogP contribution is 2.31. The molecule has 4 rings (SSSR count). The summed E-state index contributed by atoms with van der Waals surface area (Å²) in [5.74, 6) is -1.93. The molecule has 1 aliphatic heterocycles. The van der Waals surface area contributed by atoms with E-state index in [9.17, 15) is 19.2 Å². The van der Waals surface area contributed by atoms with E-state index in [2.05, 4.69) is 5.32 Å². The number of amides is 3. The van der Waals surface area contributed by atoms with Crippen molar-refractivity contribution in [2.24, 2.45) is 0 Å². The third kappa shape index (κ3) is 5.69. The first-order chi connectivity index (χ1) is 17.8. The maximum absolute atomic E-state index is 13.1. The number of ether oxygens (including phenoxy) is 1. The predicted octanol–water partition coefficient (Wildman–Crippen LogP) is 5.09. The van der Waals surface area contributed by atoms with Crippen molar-refractivity contribution in [3.8, 4) is 0 Å². The lowest BCUT2D eigenvalue weighted by Crippen LogP contribution is -2.38. The van der Waals surface area contributed by atoms with E-state index in [4.69, 9.17) is 16.3 Å². The van der Waals surface area contributed by atoms with E-state index in [-0.39, 0.29) is 40.5 Å². The molecule has 1 heterocycles. The second-order valence-electron chi connectivity index (χ2n) is 9.23. The summed E-state index contributed by atoms with van der Waals surface area (Å²) in [6, 6.07) is 13.0. The molecule has 0 spiro atoms. The van der Waals surface area contributed by atoms with E-state index in [1.54, 1.807) is 42.5 Å². The van der Waals surface area contributed by atoms with Gasteiger partial charge in [0.05, 0.1) is 17.9 Å². The van der Waals surface area contributed by atoms with Crippen LogP contribution >= 0.6 is 11.6 Å². The van der Waals surface area contributed by atoms with Crippen LogP contribution in [-0.4, -0.2) is 48.3 Å². The molecule has 0 radical (unpaired) electrons. The molecule has 0 bridgehead atoms. The van der Waals surface area contributed by atoms with Crippen molar-refractivity contribution in [3.05, 3.63) is 70.4 Å². The Hall–Kier alpha value is -3.65. The number of imide groups is 1. The van der Waals surface area contributed by atoms with Crippen molar-refractivity contribution in [3.63, 3.8) is 0 Å². The van der Waals surface area contributed by atoms with E-state index < -0.39 is 17.8 Å². The van der Waals surface area contributed by atoms with Crippen LogP contribution in [0.25, 0.3) is 0 Å². The van der Waals surface area contributed by atoms with Gasteiger partial charge in [0.15, 0.2) is 0 Å². The standard InChI is InChI=1S/C28H30ClN3O5/c1-3-16-37-28(36)19-8-7-11-22(17-19)32-26(34)23(29)24(27(32)35)30-20-14-12-18(13-15-20)25(33)31(2)21-9-5-4-6-10-21/h7-8,11-15,17,21,30H,3-6,9-10,16H2,1-2H3. The highest BCUT2D eigenvalue weighted by molar-refractivity contribution is 6.53. The number of carbonyl (C=O) groups excluding carboxylic acids is 4. The number of anilines is 2. The topological polar surface area (TPSA) is 96.0 Å². The molecule has 37 heavy (non-hydrogen) atoms. The van der Waals surface area contributed by atoms with E-state index in [0.29, 0.717) is 17.7 Å². The molecule has 9 heteroatoms. The monoisotopic (exact) mass is 523 g/mol. The lowest BCUT2D eigenvalue weighted by Gasteiger charge is -2.31. The number of nitrogens with zero attached hydrogens (tertiary/aromatic N) is 2. The van der Waals surface area contributed by atoms with Gasteiger partial charge in [0.25, 0.3) is 17.7 Å². The Kier molecular flexibility index (Phi) is 8.28. The Labute approximate surface area is 221 Å². The quantitative estimate of drug-likeness (QED) is 0.382. The molecule has 0 atom stereocenters. The molecular weight excluding hydrogens is 494 g/mol. The fourth-order valence-electron chi connectivity index (χ4n) is 4.57. The smallest absolute Gasteiger partial charge is 0.338 e. The van der Waals surface area contributed by atoms with Crippen LogP contribution in [0.1, 0.15) is 66.2 Å². The van der Waals surface area contributed by atoms with Gasteiger partial charge in [0, 0.05) is 24.3 Å². The average molecular weight is 524 g/mol. The Morgan fingerprint density at radius 2 is 1.73 bits per heavy atom. The van der Waals surface area contributed by atoms with Crippen LogP contribution < -0.4 is 10.2 Å². The highest BCUT2D eigenvalue weighted by atomic mass is 35.5. The Morgan fingerprint density at radius 1 is 1.03 bits per heavy atom. The third-order valence-electron chi connectivity index (χ3n) is 6.65. The van der Waals surface area contributed by atoms with Crippen molar-refractivity contribution < 1.29 is 23.9 Å². The third-order valence-corrected chi connectivity index (χ3v) is 7.00. The van der Waals surface area contributed by atoms with Crippen LogP contribution in [0.15, 0.2) is 59.3 Å². The first-order valence-corrected chi connectivity index (χ1v) is 12.9. The van der Waals surface area contributed by atoms with Crippen LogP contribution in [0.5, 0.6) is 0 Å². The van der Waals surface area contributed by atoms with Gasteiger partial charge in [0.1, 0.15) is 10.7 Å². The first-order valence-electron chi connectivity index (χ1n) is 12.5.